The molecule has 0 aliphatic carbocycles. The largest absolute Gasteiger partial charge is 0.495 e. The lowest BCUT2D eigenvalue weighted by Crippen LogP contribution is -2.49. The maximum Gasteiger partial charge on any atom is 0.409 e. The fourth-order valence-corrected chi connectivity index (χ4v) is 5.00. The lowest BCUT2D eigenvalue weighted by Gasteiger charge is -2.34. The van der Waals surface area contributed by atoms with Crippen molar-refractivity contribution in [1.82, 2.24) is 14.3 Å². The molecule has 3 heterocycles. The number of rotatable bonds is 7. The minimum absolute atomic E-state index is 0.0503. The summed E-state index contributed by atoms with van der Waals surface area (Å²) in [4.78, 5) is 17.9. The van der Waals surface area contributed by atoms with Crippen LogP contribution in [0.1, 0.15) is 17.8 Å². The molecule has 0 spiro atoms. The fourth-order valence-electron chi connectivity index (χ4n) is 4.36. The lowest BCUT2D eigenvalue weighted by molar-refractivity contribution is 0.0872. The number of anilines is 2. The van der Waals surface area contributed by atoms with Crippen molar-refractivity contribution in [3.8, 4) is 17.6 Å². The van der Waals surface area contributed by atoms with Crippen molar-refractivity contribution in [3.05, 3.63) is 54.5 Å². The second-order valence-electron chi connectivity index (χ2n) is 8.93. The van der Waals surface area contributed by atoms with Gasteiger partial charge in [0.15, 0.2) is 15.5 Å². The van der Waals surface area contributed by atoms with E-state index in [1.165, 1.54) is 31.3 Å². The molecule has 2 atom stereocenters. The van der Waals surface area contributed by atoms with Gasteiger partial charge in [-0.3, -0.25) is 4.40 Å². The third-order valence-corrected chi connectivity index (χ3v) is 7.48. The highest BCUT2D eigenvalue weighted by Gasteiger charge is 2.32. The molecule has 206 valence electrons. The number of methoxy groups -OCH3 is 2. The van der Waals surface area contributed by atoms with Crippen molar-refractivity contribution in [2.75, 3.05) is 50.7 Å². The van der Waals surface area contributed by atoms with Gasteiger partial charge < -0.3 is 25.0 Å². The Morgan fingerprint density at radius 3 is 2.77 bits per heavy atom. The van der Waals surface area contributed by atoms with E-state index < -0.39 is 28.1 Å². The normalized spacial score (nSPS) is 17.2. The molecule has 1 fully saturated rings. The van der Waals surface area contributed by atoms with Crippen LogP contribution in [0.3, 0.4) is 0 Å². The summed E-state index contributed by atoms with van der Waals surface area (Å²) >= 11 is 0. The molecule has 1 aliphatic rings. The summed E-state index contributed by atoms with van der Waals surface area (Å²) in [7, 11) is -0.617. The standard InChI is InChI=1S/C27H30FN5O5S/c1-5-24-21(8-6-13-29-22-11-10-18(39(4,35)36)16-25(22)37-2)31-26-23(9-7-14-33(24)26)30-20-12-15-32(17-19(20)28)27(34)38-3/h5,7,9-11,14,16,19-20,29-30H,1,12-13,15,17H2,2-4H3/t19-,20+/m0/s1. The first-order chi connectivity index (χ1) is 18.7. The van der Waals surface area contributed by atoms with Crippen molar-refractivity contribution in [1.29, 1.82) is 0 Å². The van der Waals surface area contributed by atoms with Gasteiger partial charge in [-0.2, -0.15) is 0 Å². The van der Waals surface area contributed by atoms with Crippen LogP contribution >= 0.6 is 0 Å². The quantitative estimate of drug-likeness (QED) is 0.426. The van der Waals surface area contributed by atoms with Crippen molar-refractivity contribution in [2.24, 2.45) is 0 Å². The van der Waals surface area contributed by atoms with E-state index in [1.807, 2.05) is 22.7 Å². The molecule has 1 aromatic carbocycles. The summed E-state index contributed by atoms with van der Waals surface area (Å²) in [6.45, 7) is 4.46. The van der Waals surface area contributed by atoms with Crippen LogP contribution in [0.2, 0.25) is 0 Å². The van der Waals surface area contributed by atoms with E-state index in [4.69, 9.17) is 9.47 Å². The van der Waals surface area contributed by atoms with Crippen molar-refractivity contribution in [3.63, 3.8) is 0 Å². The van der Waals surface area contributed by atoms with Crippen LogP contribution in [0.25, 0.3) is 11.7 Å². The van der Waals surface area contributed by atoms with Crippen LogP contribution in [0, 0.1) is 11.8 Å². The second kappa shape index (κ2) is 11.7. The molecule has 12 heteroatoms. The van der Waals surface area contributed by atoms with Crippen molar-refractivity contribution in [2.45, 2.75) is 23.5 Å². The lowest BCUT2D eigenvalue weighted by atomic mass is 10.0. The number of ether oxygens (including phenoxy) is 2. The number of benzene rings is 1. The summed E-state index contributed by atoms with van der Waals surface area (Å²) in [6.07, 6.45) is 3.22. The van der Waals surface area contributed by atoms with Gasteiger partial charge in [0.2, 0.25) is 0 Å². The van der Waals surface area contributed by atoms with E-state index in [0.717, 1.165) is 6.26 Å². The molecule has 0 bridgehead atoms. The van der Waals surface area contributed by atoms with E-state index in [0.29, 0.717) is 47.1 Å². The first-order valence-corrected chi connectivity index (χ1v) is 14.0. The highest BCUT2D eigenvalue weighted by atomic mass is 32.2. The minimum Gasteiger partial charge on any atom is -0.495 e. The van der Waals surface area contributed by atoms with Gasteiger partial charge in [0, 0.05) is 25.1 Å². The number of pyridine rings is 1. The van der Waals surface area contributed by atoms with Crippen molar-refractivity contribution < 1.29 is 27.1 Å². The van der Waals surface area contributed by atoms with Gasteiger partial charge in [-0.15, -0.1) is 0 Å². The third-order valence-electron chi connectivity index (χ3n) is 6.37. The van der Waals surface area contributed by atoms with Gasteiger partial charge in [0.05, 0.1) is 55.3 Å². The summed E-state index contributed by atoms with van der Waals surface area (Å²) in [5, 5.41) is 6.37. The molecule has 2 aromatic heterocycles. The van der Waals surface area contributed by atoms with Gasteiger partial charge in [0.1, 0.15) is 17.6 Å². The number of hydrogen-bond acceptors (Lipinski definition) is 8. The molecule has 4 rings (SSSR count). The average molecular weight is 556 g/mol. The monoisotopic (exact) mass is 555 g/mol. The molecule has 3 aromatic rings. The second-order valence-corrected chi connectivity index (χ2v) is 10.9. The van der Waals surface area contributed by atoms with Crippen LogP contribution in [0.15, 0.2) is 48.0 Å². The number of halogens is 1. The van der Waals surface area contributed by atoms with Crippen LogP contribution in [0.4, 0.5) is 20.6 Å². The first kappa shape index (κ1) is 27.8. The number of nitrogens with one attached hydrogen (secondary N) is 2. The SMILES string of the molecule is C=Cc1c(C#CCNc2ccc(S(C)(=O)=O)cc2OC)nc2c(N[C@@H]3CCN(C(=O)OC)C[C@@H]3F)cccn12. The number of aromatic nitrogens is 2. The predicted molar refractivity (Wildman–Crippen MR) is 148 cm³/mol. The predicted octanol–water partition coefficient (Wildman–Crippen LogP) is 3.44. The molecule has 1 amide bonds. The summed E-state index contributed by atoms with van der Waals surface area (Å²) < 4.78 is 50.4. The number of nitrogens with zero attached hydrogens (tertiary/aromatic N) is 3. The van der Waals surface area contributed by atoms with Gasteiger partial charge in [-0.1, -0.05) is 12.5 Å². The van der Waals surface area contributed by atoms with Gasteiger partial charge in [0.25, 0.3) is 0 Å². The average Bonchev–Trinajstić information content (AvgIpc) is 3.29. The number of carbonyl (C=O) groups is 1. The Balaban J connectivity index is 1.51. The van der Waals surface area contributed by atoms with Crippen LogP contribution in [-0.2, 0) is 14.6 Å². The van der Waals surface area contributed by atoms with Gasteiger partial charge in [-0.05, 0) is 42.7 Å². The Bertz CT molecular complexity index is 1560. The molecule has 0 saturated carbocycles. The maximum atomic E-state index is 14.9. The summed E-state index contributed by atoms with van der Waals surface area (Å²) in [6, 6.07) is 7.73. The van der Waals surface area contributed by atoms with E-state index in [9.17, 15) is 17.6 Å². The van der Waals surface area contributed by atoms with Crippen LogP contribution < -0.4 is 15.4 Å². The number of imidazole rings is 1. The topological polar surface area (TPSA) is 114 Å². The van der Waals surface area contributed by atoms with Crippen molar-refractivity contribution >= 4 is 39.0 Å². The third kappa shape index (κ3) is 6.09. The maximum absolute atomic E-state index is 14.9. The zero-order valence-electron chi connectivity index (χ0n) is 21.9. The number of likely N-dealkylation sites (tertiary alicyclic amines) is 1. The Hall–Kier alpha value is -4.24. The van der Waals surface area contributed by atoms with Gasteiger partial charge >= 0.3 is 6.09 Å². The Morgan fingerprint density at radius 1 is 1.31 bits per heavy atom. The molecule has 0 unspecified atom stereocenters. The number of hydrogen-bond donors (Lipinski definition) is 2. The van der Waals surface area contributed by atoms with E-state index in [2.05, 4.69) is 34.0 Å². The molecular weight excluding hydrogens is 525 g/mol. The molecule has 1 aliphatic heterocycles. The smallest absolute Gasteiger partial charge is 0.409 e. The van der Waals surface area contributed by atoms with E-state index in [-0.39, 0.29) is 18.0 Å². The molecule has 0 radical (unpaired) electrons. The fraction of sp³-hybridized carbons (Fsp3) is 0.333. The molecule has 39 heavy (non-hydrogen) atoms. The molecular formula is C27H30FN5O5S. The minimum atomic E-state index is -3.36. The zero-order chi connectivity index (χ0) is 28.2. The molecule has 1 saturated heterocycles. The first-order valence-electron chi connectivity index (χ1n) is 12.1. The Morgan fingerprint density at radius 2 is 2.10 bits per heavy atom. The number of amides is 1. The van der Waals surface area contributed by atoms with Gasteiger partial charge in [-0.25, -0.2) is 22.6 Å². The number of fused-ring (bicyclic) bond motifs is 1. The summed E-state index contributed by atoms with van der Waals surface area (Å²) in [5.74, 6) is 6.46. The number of piperidine rings is 1. The van der Waals surface area contributed by atoms with Crippen LogP contribution in [-0.4, -0.2) is 81.1 Å². The van der Waals surface area contributed by atoms with Crippen LogP contribution in [0.5, 0.6) is 5.75 Å². The zero-order valence-corrected chi connectivity index (χ0v) is 22.7. The number of carbonyl (C=O) groups excluding carboxylic acids is 1. The molecule has 2 N–H and O–H groups in total. The van der Waals surface area contributed by atoms with E-state index in [1.54, 1.807) is 12.1 Å². The van der Waals surface area contributed by atoms with E-state index >= 15 is 0 Å². The number of alkyl halides is 1. The summed E-state index contributed by atoms with van der Waals surface area (Å²) in [5.41, 5.74) is 3.00. The highest BCUT2D eigenvalue weighted by molar-refractivity contribution is 7.90. The number of sulfone groups is 1. The Kier molecular flexibility index (Phi) is 8.30. The highest BCUT2D eigenvalue weighted by Crippen LogP contribution is 2.28. The molecule has 10 nitrogen and oxygen atoms in total. The Labute approximate surface area is 226 Å².